The second-order valence-corrected chi connectivity index (χ2v) is 4.54. The van der Waals surface area contributed by atoms with Gasteiger partial charge in [0.05, 0.1) is 11.9 Å². The van der Waals surface area contributed by atoms with Crippen molar-refractivity contribution in [2.45, 2.75) is 18.6 Å². The summed E-state index contributed by atoms with van der Waals surface area (Å²) in [7, 11) is 0. The van der Waals surface area contributed by atoms with Crippen molar-refractivity contribution in [3.8, 4) is 0 Å². The highest BCUT2D eigenvalue weighted by Crippen LogP contribution is 2.30. The summed E-state index contributed by atoms with van der Waals surface area (Å²) in [6.45, 7) is 0. The summed E-state index contributed by atoms with van der Waals surface area (Å²) in [5, 5.41) is 20.1. The van der Waals surface area contributed by atoms with Gasteiger partial charge in [-0.05, 0) is 12.1 Å². The molecule has 7 nitrogen and oxygen atoms in total. The van der Waals surface area contributed by atoms with Crippen LogP contribution in [0.3, 0.4) is 0 Å². The first kappa shape index (κ1) is 16.5. The van der Waals surface area contributed by atoms with Crippen molar-refractivity contribution < 1.29 is 33.0 Å². The number of rotatable bonds is 5. The van der Waals surface area contributed by atoms with E-state index in [2.05, 4.69) is 15.3 Å². The molecule has 122 valence electrons. The van der Waals surface area contributed by atoms with Crippen LogP contribution in [0.1, 0.15) is 12.2 Å². The lowest BCUT2D eigenvalue weighted by atomic mass is 10.2. The molecule has 0 amide bonds. The lowest BCUT2D eigenvalue weighted by Crippen LogP contribution is -2.32. The number of aromatic nitrogens is 2. The third-order valence-electron chi connectivity index (χ3n) is 2.84. The highest BCUT2D eigenvalue weighted by atomic mass is 19.4. The number of carboxylic acids is 2. The Kier molecular flexibility index (Phi) is 4.34. The number of anilines is 1. The van der Waals surface area contributed by atoms with Gasteiger partial charge in [0.1, 0.15) is 11.9 Å². The molecular formula is C13H10F3N3O4. The number of nitrogens with one attached hydrogen (secondary N) is 1. The summed E-state index contributed by atoms with van der Waals surface area (Å²) in [5.74, 6) is -4.78. The maximum Gasteiger partial charge on any atom is 0.451 e. The molecule has 2 rings (SSSR count). The number of alkyl halides is 3. The SMILES string of the molecule is O=C(O)CC(Nc1nc(C(F)(F)F)nc2ccccc12)C(=O)O. The minimum atomic E-state index is -4.83. The number of fused-ring (bicyclic) bond motifs is 1. The number of para-hydroxylation sites is 1. The lowest BCUT2D eigenvalue weighted by molar-refractivity contribution is -0.145. The summed E-state index contributed by atoms with van der Waals surface area (Å²) >= 11 is 0. The van der Waals surface area contributed by atoms with Crippen LogP contribution in [0.2, 0.25) is 0 Å². The molecule has 0 aliphatic carbocycles. The Hall–Kier alpha value is -2.91. The zero-order chi connectivity index (χ0) is 17.2. The van der Waals surface area contributed by atoms with Gasteiger partial charge in [-0.2, -0.15) is 13.2 Å². The van der Waals surface area contributed by atoms with Crippen LogP contribution in [-0.4, -0.2) is 38.2 Å². The number of hydrogen-bond donors (Lipinski definition) is 3. The molecule has 0 spiro atoms. The molecular weight excluding hydrogens is 319 g/mol. The van der Waals surface area contributed by atoms with Crippen LogP contribution in [-0.2, 0) is 15.8 Å². The van der Waals surface area contributed by atoms with Gasteiger partial charge in [0, 0.05) is 5.39 Å². The van der Waals surface area contributed by atoms with Crippen LogP contribution in [0.25, 0.3) is 10.9 Å². The van der Waals surface area contributed by atoms with Gasteiger partial charge in [0.25, 0.3) is 0 Å². The minimum Gasteiger partial charge on any atom is -0.481 e. The monoisotopic (exact) mass is 329 g/mol. The Morgan fingerprint density at radius 1 is 1.17 bits per heavy atom. The predicted octanol–water partition coefficient (Wildman–Crippen LogP) is 1.99. The largest absolute Gasteiger partial charge is 0.481 e. The van der Waals surface area contributed by atoms with E-state index in [1.54, 1.807) is 0 Å². The molecule has 0 radical (unpaired) electrons. The molecule has 1 aromatic heterocycles. The van der Waals surface area contributed by atoms with Gasteiger partial charge in [0.15, 0.2) is 0 Å². The van der Waals surface area contributed by atoms with Crippen LogP contribution in [0, 0.1) is 0 Å². The first-order valence-electron chi connectivity index (χ1n) is 6.23. The number of halogens is 3. The van der Waals surface area contributed by atoms with Gasteiger partial charge in [-0.3, -0.25) is 4.79 Å². The van der Waals surface area contributed by atoms with E-state index < -0.39 is 42.2 Å². The normalized spacial score (nSPS) is 12.8. The number of nitrogens with zero attached hydrogens (tertiary/aromatic N) is 2. The molecule has 2 aromatic rings. The van der Waals surface area contributed by atoms with E-state index >= 15 is 0 Å². The highest BCUT2D eigenvalue weighted by Gasteiger charge is 2.36. The molecule has 1 heterocycles. The van der Waals surface area contributed by atoms with Crippen LogP contribution >= 0.6 is 0 Å². The predicted molar refractivity (Wildman–Crippen MR) is 71.8 cm³/mol. The Morgan fingerprint density at radius 2 is 1.83 bits per heavy atom. The van der Waals surface area contributed by atoms with E-state index in [4.69, 9.17) is 10.2 Å². The summed E-state index contributed by atoms with van der Waals surface area (Å²) in [5.41, 5.74) is -0.0446. The van der Waals surface area contributed by atoms with Crippen LogP contribution in [0.4, 0.5) is 19.0 Å². The van der Waals surface area contributed by atoms with E-state index in [0.717, 1.165) is 0 Å². The minimum absolute atomic E-state index is 0.0446. The zero-order valence-electron chi connectivity index (χ0n) is 11.3. The van der Waals surface area contributed by atoms with Crippen LogP contribution < -0.4 is 5.32 Å². The Bertz CT molecular complexity index is 764. The van der Waals surface area contributed by atoms with Crippen molar-refractivity contribution in [2.75, 3.05) is 5.32 Å². The molecule has 0 bridgehead atoms. The van der Waals surface area contributed by atoms with E-state index in [-0.39, 0.29) is 10.9 Å². The van der Waals surface area contributed by atoms with Gasteiger partial charge < -0.3 is 15.5 Å². The number of carbonyl (C=O) groups is 2. The Morgan fingerprint density at radius 3 is 2.39 bits per heavy atom. The number of carboxylic acid groups (broad SMARTS) is 2. The van der Waals surface area contributed by atoms with Crippen molar-refractivity contribution in [1.29, 1.82) is 0 Å². The molecule has 1 unspecified atom stereocenters. The Balaban J connectivity index is 2.53. The molecule has 0 saturated carbocycles. The van der Waals surface area contributed by atoms with E-state index in [1.807, 2.05) is 0 Å². The van der Waals surface area contributed by atoms with Gasteiger partial charge in [-0.25, -0.2) is 14.8 Å². The fourth-order valence-electron chi connectivity index (χ4n) is 1.85. The maximum atomic E-state index is 12.8. The average molecular weight is 329 g/mol. The quantitative estimate of drug-likeness (QED) is 0.769. The number of aliphatic carboxylic acids is 2. The van der Waals surface area contributed by atoms with E-state index in [9.17, 15) is 22.8 Å². The summed E-state index contributed by atoms with van der Waals surface area (Å²) in [4.78, 5) is 28.4. The fraction of sp³-hybridized carbons (Fsp3) is 0.231. The van der Waals surface area contributed by atoms with Crippen molar-refractivity contribution in [3.05, 3.63) is 30.1 Å². The van der Waals surface area contributed by atoms with Gasteiger partial charge in [-0.1, -0.05) is 12.1 Å². The molecule has 0 aliphatic heterocycles. The second-order valence-electron chi connectivity index (χ2n) is 4.54. The van der Waals surface area contributed by atoms with Gasteiger partial charge >= 0.3 is 18.1 Å². The lowest BCUT2D eigenvalue weighted by Gasteiger charge is -2.16. The maximum absolute atomic E-state index is 12.8. The number of hydrogen-bond acceptors (Lipinski definition) is 5. The van der Waals surface area contributed by atoms with E-state index in [1.165, 1.54) is 24.3 Å². The summed E-state index contributed by atoms with van der Waals surface area (Å²) < 4.78 is 38.5. The van der Waals surface area contributed by atoms with Crippen LogP contribution in [0.5, 0.6) is 0 Å². The molecule has 10 heteroatoms. The van der Waals surface area contributed by atoms with Crippen molar-refractivity contribution >= 4 is 28.7 Å². The topological polar surface area (TPSA) is 112 Å². The first-order valence-corrected chi connectivity index (χ1v) is 6.23. The number of benzene rings is 1. The Labute approximate surface area is 126 Å². The van der Waals surface area contributed by atoms with Crippen molar-refractivity contribution in [2.24, 2.45) is 0 Å². The second kappa shape index (κ2) is 6.07. The first-order chi connectivity index (χ1) is 10.7. The molecule has 23 heavy (non-hydrogen) atoms. The molecule has 1 aromatic carbocycles. The smallest absolute Gasteiger partial charge is 0.451 e. The molecule has 0 saturated heterocycles. The average Bonchev–Trinajstić information content (AvgIpc) is 2.44. The van der Waals surface area contributed by atoms with Crippen molar-refractivity contribution in [1.82, 2.24) is 9.97 Å². The van der Waals surface area contributed by atoms with Gasteiger partial charge in [-0.15, -0.1) is 0 Å². The van der Waals surface area contributed by atoms with Crippen molar-refractivity contribution in [3.63, 3.8) is 0 Å². The van der Waals surface area contributed by atoms with Crippen LogP contribution in [0.15, 0.2) is 24.3 Å². The van der Waals surface area contributed by atoms with Gasteiger partial charge in [0.2, 0.25) is 5.82 Å². The molecule has 1 atom stereocenters. The zero-order valence-corrected chi connectivity index (χ0v) is 11.3. The third kappa shape index (κ3) is 3.84. The third-order valence-corrected chi connectivity index (χ3v) is 2.84. The fourth-order valence-corrected chi connectivity index (χ4v) is 1.85. The molecule has 3 N–H and O–H groups in total. The standard InChI is InChI=1S/C13H10F3N3O4/c14-13(15,16)12-18-7-4-2-1-3-6(7)10(19-12)17-8(11(22)23)5-9(20)21/h1-4,8H,5H2,(H,20,21)(H,22,23)(H,17,18,19). The van der Waals surface area contributed by atoms with E-state index in [0.29, 0.717) is 0 Å². The molecule has 0 fully saturated rings. The molecule has 0 aliphatic rings. The highest BCUT2D eigenvalue weighted by molar-refractivity contribution is 5.92. The summed E-state index contributed by atoms with van der Waals surface area (Å²) in [6.07, 6.45) is -5.65. The summed E-state index contributed by atoms with van der Waals surface area (Å²) in [6, 6.07) is 4.05.